The van der Waals surface area contributed by atoms with Gasteiger partial charge < -0.3 is 9.47 Å². The zero-order valence-electron chi connectivity index (χ0n) is 28.9. The van der Waals surface area contributed by atoms with Gasteiger partial charge in [0.1, 0.15) is 0 Å². The summed E-state index contributed by atoms with van der Waals surface area (Å²) in [5, 5.41) is -5.83. The first-order valence-corrected chi connectivity index (χ1v) is 19.6. The molecule has 0 radical (unpaired) electrons. The molecule has 0 aliphatic heterocycles. The first-order chi connectivity index (χ1) is 24.2. The second-order valence-corrected chi connectivity index (χ2v) is 18.5. The smallest absolute Gasteiger partial charge is 0.432 e. The summed E-state index contributed by atoms with van der Waals surface area (Å²) >= 11 is 0. The molecule has 4 aliphatic carbocycles. The van der Waals surface area contributed by atoms with E-state index in [1.165, 1.54) is 20.2 Å². The van der Waals surface area contributed by atoms with Crippen LogP contribution in [-0.2, 0) is 45.5 Å². The van der Waals surface area contributed by atoms with E-state index in [1.54, 1.807) is 0 Å². The van der Waals surface area contributed by atoms with E-state index in [0.717, 1.165) is 19.3 Å². The minimum Gasteiger partial charge on any atom is -0.453 e. The highest BCUT2D eigenvalue weighted by molar-refractivity contribution is 7.97. The fourth-order valence-electron chi connectivity index (χ4n) is 7.88. The van der Waals surface area contributed by atoms with Gasteiger partial charge in [-0.05, 0) is 104 Å². The van der Waals surface area contributed by atoms with Gasteiger partial charge in [-0.25, -0.2) is 4.79 Å². The molecule has 4 fully saturated rings. The van der Waals surface area contributed by atoms with E-state index < -0.39 is 51.6 Å². The van der Waals surface area contributed by atoms with E-state index in [1.807, 2.05) is 0 Å². The van der Waals surface area contributed by atoms with Gasteiger partial charge in [0.15, 0.2) is 21.3 Å². The lowest BCUT2D eigenvalue weighted by molar-refractivity contribution is -0.260. The van der Waals surface area contributed by atoms with Crippen molar-refractivity contribution in [1.82, 2.24) is 0 Å². The van der Waals surface area contributed by atoms with Crippen LogP contribution in [0.4, 0.5) is 22.0 Å². The minimum atomic E-state index is -6.53. The first-order valence-electron chi connectivity index (χ1n) is 16.9. The van der Waals surface area contributed by atoms with Crippen LogP contribution in [0.25, 0.3) is 0 Å². The molecular weight excluding hydrogens is 728 g/mol. The van der Waals surface area contributed by atoms with Gasteiger partial charge in [-0.2, -0.15) is 30.4 Å². The van der Waals surface area contributed by atoms with Crippen molar-refractivity contribution in [1.29, 1.82) is 0 Å². The monoisotopic (exact) mass is 769 g/mol. The lowest BCUT2D eigenvalue weighted by Crippen LogP contribution is -2.53. The van der Waals surface area contributed by atoms with E-state index in [-0.39, 0.29) is 16.3 Å². The molecule has 14 heteroatoms. The Bertz CT molecular complexity index is 1740. The Hall–Kier alpha value is -3.49. The van der Waals surface area contributed by atoms with Crippen LogP contribution in [-0.4, -0.2) is 49.1 Å². The Morgan fingerprint density at radius 2 is 1.19 bits per heavy atom. The fourth-order valence-corrected chi connectivity index (χ4v) is 10.4. The van der Waals surface area contributed by atoms with Crippen LogP contribution in [0.15, 0.2) is 99.6 Å². The van der Waals surface area contributed by atoms with E-state index >= 15 is 0 Å². The van der Waals surface area contributed by atoms with Gasteiger partial charge in [0, 0.05) is 0 Å². The van der Waals surface area contributed by atoms with Gasteiger partial charge in [-0.3, -0.25) is 9.35 Å². The normalized spacial score (nSPS) is 23.4. The maximum Gasteiger partial charge on any atom is 0.432 e. The third-order valence-corrected chi connectivity index (χ3v) is 13.0. The lowest BCUT2D eigenvalue weighted by atomic mass is 9.49. The average Bonchev–Trinajstić information content (AvgIpc) is 3.06. The summed E-state index contributed by atoms with van der Waals surface area (Å²) in [5.41, 5.74) is 0.735. The Morgan fingerprint density at radius 1 is 0.769 bits per heavy atom. The Morgan fingerprint density at radius 3 is 1.58 bits per heavy atom. The van der Waals surface area contributed by atoms with Gasteiger partial charge in [0.05, 0.1) is 16.3 Å². The number of halogens is 5. The molecule has 0 amide bonds. The number of carbonyl (C=O) groups is 2. The van der Waals surface area contributed by atoms with E-state index in [4.69, 9.17) is 9.29 Å². The molecule has 1 atom stereocenters. The van der Waals surface area contributed by atoms with Gasteiger partial charge in [-0.15, -0.1) is 0 Å². The molecular formula is C38H42F5O7S2+. The highest BCUT2D eigenvalue weighted by Crippen LogP contribution is 2.60. The number of esters is 2. The summed E-state index contributed by atoms with van der Waals surface area (Å²) in [6.07, 6.45) is -5.85. The third-order valence-electron chi connectivity index (χ3n) is 9.90. The second kappa shape index (κ2) is 15.1. The summed E-state index contributed by atoms with van der Waals surface area (Å²) in [4.78, 5) is 28.2. The number of carbonyl (C=O) groups excluding carboxylic acids is 2. The van der Waals surface area contributed by atoms with Crippen molar-refractivity contribution >= 4 is 33.0 Å². The molecule has 3 aromatic carbocycles. The molecule has 7 nitrogen and oxygen atoms in total. The molecule has 0 aromatic heterocycles. The molecule has 4 bridgehead atoms. The summed E-state index contributed by atoms with van der Waals surface area (Å²) in [6.45, 7) is 5.40. The molecule has 0 heterocycles. The largest absolute Gasteiger partial charge is 0.453 e. The molecule has 3 aromatic rings. The molecule has 7 rings (SSSR count). The number of hydrogen-bond acceptors (Lipinski definition) is 6. The Balaban J connectivity index is 0.000000206. The average molecular weight is 770 g/mol. The van der Waals surface area contributed by atoms with Crippen molar-refractivity contribution in [2.75, 3.05) is 6.61 Å². The van der Waals surface area contributed by atoms with Crippen molar-refractivity contribution < 1.29 is 54.0 Å². The van der Waals surface area contributed by atoms with E-state index in [9.17, 15) is 40.0 Å². The topological polar surface area (TPSA) is 107 Å². The van der Waals surface area contributed by atoms with Crippen molar-refractivity contribution in [3.05, 3.63) is 90.5 Å². The number of ether oxygens (including phenoxy) is 2. The van der Waals surface area contributed by atoms with E-state index in [0.29, 0.717) is 37.0 Å². The molecule has 4 saturated carbocycles. The van der Waals surface area contributed by atoms with Crippen molar-refractivity contribution in [3.63, 3.8) is 0 Å². The Kier molecular flexibility index (Phi) is 11.5. The number of hydrogen-bond donors (Lipinski definition) is 1. The fraction of sp³-hybridized carbons (Fsp3) is 0.474. The highest BCUT2D eigenvalue weighted by Gasteiger charge is 2.66. The van der Waals surface area contributed by atoms with Crippen molar-refractivity contribution in [3.8, 4) is 0 Å². The van der Waals surface area contributed by atoms with Crippen LogP contribution in [0.5, 0.6) is 0 Å². The standard InChI is InChI=1S/C22H23S.C16H19F5O7S/c1-22(2,3)18-14-16-21(17-15-18)23(19-10-6-4-7-11-19)20-12-8-5-9-13-20;17-15(18,19)12(16(20,21)29(24,25)26)28-11(22)7-27-13(23)14-4-8-1-9(5-14)3-10(2-8)6-14/h4-17H,1-3H3;8-10,12H,1-7H2,(H,24,25,26)/q+1;. The SMILES string of the molecule is CC(C)(C)c1ccc([S+](c2ccccc2)c2ccccc2)cc1.O=C(COC(=O)C12CC3CC(CC(C3)C1)C2)OC(C(F)(F)F)C(F)(F)S(=O)(=O)O. The number of benzene rings is 3. The van der Waals surface area contributed by atoms with Gasteiger partial charge in [0.2, 0.25) is 0 Å². The predicted molar refractivity (Wildman–Crippen MR) is 184 cm³/mol. The molecule has 1 N–H and O–H groups in total. The molecule has 4 aliphatic rings. The summed E-state index contributed by atoms with van der Waals surface area (Å²) in [7, 11) is -6.58. The van der Waals surface area contributed by atoms with Crippen LogP contribution >= 0.6 is 0 Å². The lowest BCUT2D eigenvalue weighted by Gasteiger charge is -2.55. The second-order valence-electron chi connectivity index (χ2n) is 14.9. The van der Waals surface area contributed by atoms with Crippen molar-refractivity contribution in [2.24, 2.45) is 23.2 Å². The molecule has 282 valence electrons. The Labute approximate surface area is 303 Å². The van der Waals surface area contributed by atoms with Gasteiger partial charge in [-0.1, -0.05) is 69.3 Å². The number of alkyl halides is 5. The molecule has 52 heavy (non-hydrogen) atoms. The maximum absolute atomic E-state index is 13.4. The zero-order chi connectivity index (χ0) is 38.1. The number of rotatable bonds is 9. The summed E-state index contributed by atoms with van der Waals surface area (Å²) < 4.78 is 103. The first kappa shape index (κ1) is 39.7. The van der Waals surface area contributed by atoms with Crippen LogP contribution in [0.2, 0.25) is 0 Å². The molecule has 1 unspecified atom stereocenters. The van der Waals surface area contributed by atoms with Gasteiger partial charge in [0.25, 0.3) is 6.10 Å². The van der Waals surface area contributed by atoms with Crippen LogP contribution < -0.4 is 0 Å². The van der Waals surface area contributed by atoms with Crippen LogP contribution in [0.1, 0.15) is 64.9 Å². The maximum atomic E-state index is 13.4. The third kappa shape index (κ3) is 8.99. The molecule has 0 spiro atoms. The highest BCUT2D eigenvalue weighted by atomic mass is 32.2. The van der Waals surface area contributed by atoms with Crippen LogP contribution in [0, 0.1) is 23.2 Å². The van der Waals surface area contributed by atoms with E-state index in [2.05, 4.69) is 110 Å². The summed E-state index contributed by atoms with van der Waals surface area (Å²) in [5.74, 6) is -1.79. The van der Waals surface area contributed by atoms with Crippen LogP contribution in [0.3, 0.4) is 0 Å². The predicted octanol–water partition coefficient (Wildman–Crippen LogP) is 8.78. The zero-order valence-corrected chi connectivity index (χ0v) is 30.6. The summed E-state index contributed by atoms with van der Waals surface area (Å²) in [6, 6.07) is 30.7. The minimum absolute atomic E-state index is 0.0497. The van der Waals surface area contributed by atoms with Gasteiger partial charge >= 0.3 is 33.5 Å². The van der Waals surface area contributed by atoms with Crippen molar-refractivity contribution in [2.45, 2.75) is 96.9 Å². The quantitative estimate of drug-likeness (QED) is 0.100. The molecule has 0 saturated heterocycles.